The Bertz CT molecular complexity index is 52.9. The molecule has 0 aromatic carbocycles. The smallest absolute Gasteiger partial charge is 0.0895 e. The number of nitrogens with one attached hydrogen (secondary N) is 1. The molecule has 0 rings (SSSR count). The molecule has 0 aliphatic heterocycles. The number of alkyl halides is 1. The molecule has 9 heavy (non-hydrogen) atoms. The van der Waals surface area contributed by atoms with Crippen LogP contribution < -0.4 is 5.32 Å². The van der Waals surface area contributed by atoms with Crippen LogP contribution in [0.5, 0.6) is 0 Å². The van der Waals surface area contributed by atoms with Crippen LogP contribution in [0.25, 0.3) is 0 Å². The average Bonchev–Trinajstić information content (AvgIpc) is 1.91. The second kappa shape index (κ2) is 6.02. The van der Waals surface area contributed by atoms with Crippen LogP contribution in [0, 0.1) is 0 Å². The Morgan fingerprint density at radius 2 is 2.22 bits per heavy atom. The summed E-state index contributed by atoms with van der Waals surface area (Å²) in [5, 5.41) is 3.12. The first-order chi connectivity index (χ1) is 4.35. The van der Waals surface area contributed by atoms with E-state index in [1.807, 2.05) is 7.05 Å². The molecule has 0 aromatic rings. The average molecular weight is 133 g/mol. The molecular weight excluding hydrogens is 117 g/mol. The summed E-state index contributed by atoms with van der Waals surface area (Å²) >= 11 is 0. The third-order valence-corrected chi connectivity index (χ3v) is 1.59. The van der Waals surface area contributed by atoms with E-state index in [-0.39, 0.29) is 6.67 Å². The molecule has 56 valence electrons. The maximum atomic E-state index is 11.6. The maximum absolute atomic E-state index is 11.6. The Hall–Kier alpha value is -0.110. The SMILES string of the molecule is CCC(CCCF)NC. The molecule has 0 amide bonds. The van der Waals surface area contributed by atoms with Crippen LogP contribution in [0.2, 0.25) is 0 Å². The van der Waals surface area contributed by atoms with Crippen LogP contribution in [-0.2, 0) is 0 Å². The summed E-state index contributed by atoms with van der Waals surface area (Å²) in [5.41, 5.74) is 0. The maximum Gasteiger partial charge on any atom is 0.0895 e. The van der Waals surface area contributed by atoms with Gasteiger partial charge in [0.05, 0.1) is 6.67 Å². The third kappa shape index (κ3) is 4.40. The minimum atomic E-state index is -0.182. The first kappa shape index (κ1) is 8.89. The Kier molecular flexibility index (Phi) is 5.94. The van der Waals surface area contributed by atoms with E-state index in [4.69, 9.17) is 0 Å². The molecule has 1 N–H and O–H groups in total. The Morgan fingerprint density at radius 3 is 2.56 bits per heavy atom. The van der Waals surface area contributed by atoms with Gasteiger partial charge in [-0.2, -0.15) is 0 Å². The second-order valence-corrected chi connectivity index (χ2v) is 2.23. The van der Waals surface area contributed by atoms with Gasteiger partial charge in [0.1, 0.15) is 0 Å². The monoisotopic (exact) mass is 133 g/mol. The molecule has 0 saturated carbocycles. The van der Waals surface area contributed by atoms with Gasteiger partial charge >= 0.3 is 0 Å². The van der Waals surface area contributed by atoms with Gasteiger partial charge in [-0.05, 0) is 26.3 Å². The van der Waals surface area contributed by atoms with E-state index in [0.29, 0.717) is 12.5 Å². The van der Waals surface area contributed by atoms with Crippen molar-refractivity contribution in [2.45, 2.75) is 32.2 Å². The van der Waals surface area contributed by atoms with Crippen molar-refractivity contribution in [1.29, 1.82) is 0 Å². The summed E-state index contributed by atoms with van der Waals surface area (Å²) < 4.78 is 11.6. The lowest BCUT2D eigenvalue weighted by atomic mass is 10.1. The van der Waals surface area contributed by atoms with Crippen molar-refractivity contribution in [1.82, 2.24) is 5.32 Å². The summed E-state index contributed by atoms with van der Waals surface area (Å²) in [5.74, 6) is 0. The van der Waals surface area contributed by atoms with Gasteiger partial charge in [-0.1, -0.05) is 6.92 Å². The quantitative estimate of drug-likeness (QED) is 0.602. The van der Waals surface area contributed by atoms with Crippen molar-refractivity contribution in [3.63, 3.8) is 0 Å². The van der Waals surface area contributed by atoms with E-state index in [1.54, 1.807) is 0 Å². The molecule has 0 saturated heterocycles. The molecule has 0 radical (unpaired) electrons. The molecule has 0 spiro atoms. The first-order valence-electron chi connectivity index (χ1n) is 3.58. The largest absolute Gasteiger partial charge is 0.317 e. The number of halogens is 1. The van der Waals surface area contributed by atoms with Crippen LogP contribution in [-0.4, -0.2) is 19.8 Å². The fourth-order valence-corrected chi connectivity index (χ4v) is 0.876. The fourth-order valence-electron chi connectivity index (χ4n) is 0.876. The van der Waals surface area contributed by atoms with Gasteiger partial charge in [-0.25, -0.2) is 0 Å². The van der Waals surface area contributed by atoms with Crippen LogP contribution in [0.15, 0.2) is 0 Å². The third-order valence-electron chi connectivity index (χ3n) is 1.59. The summed E-state index contributed by atoms with van der Waals surface area (Å²) in [4.78, 5) is 0. The van der Waals surface area contributed by atoms with E-state index in [0.717, 1.165) is 12.8 Å². The van der Waals surface area contributed by atoms with Gasteiger partial charge in [-0.15, -0.1) is 0 Å². The van der Waals surface area contributed by atoms with Gasteiger partial charge < -0.3 is 5.32 Å². The van der Waals surface area contributed by atoms with Crippen LogP contribution >= 0.6 is 0 Å². The molecule has 0 heterocycles. The highest BCUT2D eigenvalue weighted by molar-refractivity contribution is 4.60. The van der Waals surface area contributed by atoms with E-state index >= 15 is 0 Å². The van der Waals surface area contributed by atoms with Gasteiger partial charge in [0, 0.05) is 6.04 Å². The predicted molar refractivity (Wildman–Crippen MR) is 38.3 cm³/mol. The standard InChI is InChI=1S/C7H16FN/c1-3-7(9-2)5-4-6-8/h7,9H,3-6H2,1-2H3. The molecule has 1 atom stereocenters. The molecule has 0 bridgehead atoms. The summed E-state index contributed by atoms with van der Waals surface area (Å²) in [6.45, 7) is 1.93. The van der Waals surface area contributed by atoms with Crippen LogP contribution in [0.1, 0.15) is 26.2 Å². The molecule has 1 unspecified atom stereocenters. The van der Waals surface area contributed by atoms with Gasteiger partial charge in [0.25, 0.3) is 0 Å². The Morgan fingerprint density at radius 1 is 1.56 bits per heavy atom. The lowest BCUT2D eigenvalue weighted by Gasteiger charge is -2.11. The normalized spacial score (nSPS) is 13.7. The van der Waals surface area contributed by atoms with Gasteiger partial charge in [0.2, 0.25) is 0 Å². The molecule has 0 aromatic heterocycles. The van der Waals surface area contributed by atoms with Crippen molar-refractivity contribution in [2.24, 2.45) is 0 Å². The fraction of sp³-hybridized carbons (Fsp3) is 1.00. The van der Waals surface area contributed by atoms with Crippen molar-refractivity contribution < 1.29 is 4.39 Å². The molecule has 1 nitrogen and oxygen atoms in total. The van der Waals surface area contributed by atoms with E-state index < -0.39 is 0 Å². The first-order valence-corrected chi connectivity index (χ1v) is 3.58. The van der Waals surface area contributed by atoms with Crippen LogP contribution in [0.3, 0.4) is 0 Å². The lowest BCUT2D eigenvalue weighted by molar-refractivity contribution is 0.415. The zero-order valence-electron chi connectivity index (χ0n) is 6.28. The minimum Gasteiger partial charge on any atom is -0.317 e. The number of hydrogen-bond acceptors (Lipinski definition) is 1. The zero-order valence-corrected chi connectivity index (χ0v) is 6.28. The molecular formula is C7H16FN. The zero-order chi connectivity index (χ0) is 7.11. The predicted octanol–water partition coefficient (Wildman–Crippen LogP) is 1.73. The molecule has 0 aliphatic carbocycles. The second-order valence-electron chi connectivity index (χ2n) is 2.23. The van der Waals surface area contributed by atoms with Crippen molar-refractivity contribution in [2.75, 3.05) is 13.7 Å². The van der Waals surface area contributed by atoms with E-state index in [1.165, 1.54) is 0 Å². The summed E-state index contributed by atoms with van der Waals surface area (Å²) in [6, 6.07) is 0.515. The van der Waals surface area contributed by atoms with Crippen LogP contribution in [0.4, 0.5) is 4.39 Å². The lowest BCUT2D eigenvalue weighted by Crippen LogP contribution is -2.23. The van der Waals surface area contributed by atoms with E-state index in [9.17, 15) is 4.39 Å². The number of rotatable bonds is 5. The number of hydrogen-bond donors (Lipinski definition) is 1. The molecule has 0 fully saturated rings. The topological polar surface area (TPSA) is 12.0 Å². The highest BCUT2D eigenvalue weighted by Gasteiger charge is 2.00. The highest BCUT2D eigenvalue weighted by atomic mass is 19.1. The van der Waals surface area contributed by atoms with Gasteiger partial charge in [0.15, 0.2) is 0 Å². The van der Waals surface area contributed by atoms with Gasteiger partial charge in [-0.3, -0.25) is 4.39 Å². The Labute approximate surface area is 56.6 Å². The van der Waals surface area contributed by atoms with Crippen molar-refractivity contribution in [3.05, 3.63) is 0 Å². The minimum absolute atomic E-state index is 0.182. The van der Waals surface area contributed by atoms with E-state index in [2.05, 4.69) is 12.2 Å². The summed E-state index contributed by atoms with van der Waals surface area (Å²) in [6.07, 6.45) is 2.75. The highest BCUT2D eigenvalue weighted by Crippen LogP contribution is 2.00. The van der Waals surface area contributed by atoms with Crippen molar-refractivity contribution >= 4 is 0 Å². The van der Waals surface area contributed by atoms with Crippen molar-refractivity contribution in [3.8, 4) is 0 Å². The molecule has 2 heteroatoms. The summed E-state index contributed by atoms with van der Waals surface area (Å²) in [7, 11) is 1.92. The Balaban J connectivity index is 3.09. The molecule has 0 aliphatic rings.